The van der Waals surface area contributed by atoms with Crippen LogP contribution in [-0.4, -0.2) is 103 Å². The number of hydrogen-bond acceptors (Lipinski definition) is 10. The Hall–Kier alpha value is -6.05. The molecule has 6 aromatic rings. The van der Waals surface area contributed by atoms with Crippen molar-refractivity contribution in [2.24, 2.45) is 0 Å². The SMILES string of the molecule is CN1CCOCC1.COc1ccc(C(OCCCCCC=O)(c2ccccc2)c2ccc(OC)cc2)cc1.COc1ccc(C(OCCCCCCO)(c2ccccc2)c2ccc(OC)cc2)cc1.O. The van der Waals surface area contributed by atoms with Gasteiger partial charge in [-0.15, -0.1) is 0 Å². The minimum absolute atomic E-state index is 0. The van der Waals surface area contributed by atoms with E-state index in [1.807, 2.05) is 84.9 Å². The van der Waals surface area contributed by atoms with Crippen LogP contribution in [0, 0.1) is 0 Å². The maximum atomic E-state index is 10.6. The quantitative estimate of drug-likeness (QED) is 0.0355. The van der Waals surface area contributed by atoms with Crippen LogP contribution in [-0.2, 0) is 30.2 Å². The highest BCUT2D eigenvalue weighted by atomic mass is 16.5. The van der Waals surface area contributed by atoms with Gasteiger partial charge in [-0.05, 0) is 115 Å². The summed E-state index contributed by atoms with van der Waals surface area (Å²) in [4.78, 5) is 12.9. The molecule has 0 unspecified atom stereocenters. The maximum Gasteiger partial charge on any atom is 0.143 e. The van der Waals surface area contributed by atoms with Crippen molar-refractivity contribution in [1.82, 2.24) is 4.90 Å². The molecule has 0 bridgehead atoms. The van der Waals surface area contributed by atoms with Crippen molar-refractivity contribution in [2.45, 2.75) is 62.6 Å². The van der Waals surface area contributed by atoms with Gasteiger partial charge >= 0.3 is 0 Å². The molecule has 1 heterocycles. The molecule has 1 aliphatic rings. The Balaban J connectivity index is 0.000000263. The smallest absolute Gasteiger partial charge is 0.143 e. The van der Waals surface area contributed by atoms with Gasteiger partial charge in [-0.1, -0.05) is 128 Å². The summed E-state index contributed by atoms with van der Waals surface area (Å²) in [6.45, 7) is 5.45. The number of carbonyl (C=O) groups is 1. The van der Waals surface area contributed by atoms with Crippen LogP contribution in [0.25, 0.3) is 0 Å². The zero-order chi connectivity index (χ0) is 49.0. The Kier molecular flexibility index (Phi) is 25.2. The number of ether oxygens (including phenoxy) is 7. The molecule has 70 heavy (non-hydrogen) atoms. The van der Waals surface area contributed by atoms with E-state index < -0.39 is 11.2 Å². The molecule has 11 heteroatoms. The molecule has 7 rings (SSSR count). The molecule has 11 nitrogen and oxygen atoms in total. The van der Waals surface area contributed by atoms with Crippen molar-refractivity contribution in [3.63, 3.8) is 0 Å². The molecule has 0 amide bonds. The van der Waals surface area contributed by atoms with Crippen LogP contribution in [0.2, 0.25) is 0 Å². The van der Waals surface area contributed by atoms with Crippen molar-refractivity contribution < 1.29 is 48.5 Å². The molecule has 1 fully saturated rings. The van der Waals surface area contributed by atoms with Crippen LogP contribution in [0.1, 0.15) is 84.7 Å². The van der Waals surface area contributed by atoms with Gasteiger partial charge in [0.1, 0.15) is 40.5 Å². The van der Waals surface area contributed by atoms with Gasteiger partial charge in [-0.3, -0.25) is 0 Å². The lowest BCUT2D eigenvalue weighted by atomic mass is 9.80. The number of aliphatic hydroxyl groups excluding tert-OH is 1. The molecule has 0 atom stereocenters. The molecule has 3 N–H and O–H groups in total. The van der Waals surface area contributed by atoms with Crippen molar-refractivity contribution in [3.05, 3.63) is 191 Å². The van der Waals surface area contributed by atoms with E-state index in [0.29, 0.717) is 19.6 Å². The first-order valence-corrected chi connectivity index (χ1v) is 24.2. The number of unbranched alkanes of at least 4 members (excludes halogenated alkanes) is 6. The van der Waals surface area contributed by atoms with Crippen molar-refractivity contribution >= 4 is 6.29 Å². The molecule has 0 saturated carbocycles. The van der Waals surface area contributed by atoms with Gasteiger partial charge in [0, 0.05) is 39.3 Å². The topological polar surface area (TPSA) is 137 Å². The van der Waals surface area contributed by atoms with Gasteiger partial charge in [-0.25, -0.2) is 0 Å². The second-order valence-corrected chi connectivity index (χ2v) is 16.8. The minimum Gasteiger partial charge on any atom is -0.497 e. The summed E-state index contributed by atoms with van der Waals surface area (Å²) in [6.07, 6.45) is 8.09. The Labute approximate surface area is 416 Å². The van der Waals surface area contributed by atoms with Gasteiger partial charge in [0.2, 0.25) is 0 Å². The first-order valence-electron chi connectivity index (χ1n) is 24.2. The lowest BCUT2D eigenvalue weighted by Gasteiger charge is -2.36. The number of methoxy groups -OCH3 is 4. The predicted molar refractivity (Wildman–Crippen MR) is 279 cm³/mol. The van der Waals surface area contributed by atoms with Crippen molar-refractivity contribution in [3.8, 4) is 23.0 Å². The summed E-state index contributed by atoms with van der Waals surface area (Å²) in [7, 11) is 8.79. The van der Waals surface area contributed by atoms with E-state index in [1.165, 1.54) is 0 Å². The first-order chi connectivity index (χ1) is 33.9. The molecule has 0 aliphatic carbocycles. The minimum atomic E-state index is -0.773. The molecule has 0 spiro atoms. The second-order valence-electron chi connectivity index (χ2n) is 16.8. The fourth-order valence-electron chi connectivity index (χ4n) is 8.33. The third kappa shape index (κ3) is 16.0. The largest absolute Gasteiger partial charge is 0.497 e. The number of benzene rings is 6. The molecular formula is C59H75NO10. The van der Waals surface area contributed by atoms with E-state index in [0.717, 1.165) is 134 Å². The van der Waals surface area contributed by atoms with Crippen LogP contribution >= 0.6 is 0 Å². The standard InChI is InChI=1S/C27H32O4.C27H30O4.C5H11NO.H2O/c2*1-29-25-16-12-23(13-17-25)27(22-10-6-5-7-11-22,31-21-9-4-3-8-20-28)24-14-18-26(30-2)19-15-24;1-6-2-4-7-5-3-6;/h5-7,10-19,28H,3-4,8-9,20-21H2,1-2H3;5-7,10-20H,3-4,8-9,21H2,1-2H3;2-5H2,1H3;1H2. The van der Waals surface area contributed by atoms with E-state index in [4.69, 9.17) is 38.3 Å². The normalized spacial score (nSPS) is 12.5. The first kappa shape index (κ1) is 56.5. The fraction of sp³-hybridized carbons (Fsp3) is 0.373. The van der Waals surface area contributed by atoms with E-state index >= 15 is 0 Å². The summed E-state index contributed by atoms with van der Waals surface area (Å²) in [5, 5.41) is 9.03. The number of hydrogen-bond donors (Lipinski definition) is 1. The molecule has 6 aromatic carbocycles. The van der Waals surface area contributed by atoms with Crippen LogP contribution in [0.5, 0.6) is 23.0 Å². The number of nitrogens with zero attached hydrogens (tertiary/aromatic N) is 1. The van der Waals surface area contributed by atoms with E-state index in [-0.39, 0.29) is 12.1 Å². The molecule has 1 aliphatic heterocycles. The van der Waals surface area contributed by atoms with Gasteiger partial charge in [0.05, 0.1) is 41.7 Å². The highest BCUT2D eigenvalue weighted by molar-refractivity contribution is 5.51. The van der Waals surface area contributed by atoms with Crippen molar-refractivity contribution in [2.75, 3.05) is 81.6 Å². The number of aliphatic hydroxyl groups is 1. The zero-order valence-corrected chi connectivity index (χ0v) is 41.9. The fourth-order valence-corrected chi connectivity index (χ4v) is 8.33. The summed E-state index contributed by atoms with van der Waals surface area (Å²) in [5.41, 5.74) is 4.73. The van der Waals surface area contributed by atoms with E-state index in [1.54, 1.807) is 28.4 Å². The molecule has 1 saturated heterocycles. The molecular weight excluding hydrogens is 883 g/mol. The van der Waals surface area contributed by atoms with Gasteiger partial charge in [0.25, 0.3) is 0 Å². The zero-order valence-electron chi connectivity index (χ0n) is 41.9. The maximum absolute atomic E-state index is 10.6. The van der Waals surface area contributed by atoms with Crippen LogP contribution in [0.3, 0.4) is 0 Å². The highest BCUT2D eigenvalue weighted by Crippen LogP contribution is 2.43. The number of rotatable bonds is 24. The number of carbonyl (C=O) groups excluding carboxylic acids is 1. The summed E-state index contributed by atoms with van der Waals surface area (Å²) < 4.78 is 40.1. The monoisotopic (exact) mass is 958 g/mol. The number of likely N-dealkylation sites (N-methyl/N-ethyl adjacent to an activating group) is 1. The lowest BCUT2D eigenvalue weighted by Crippen LogP contribution is -2.33. The summed E-state index contributed by atoms with van der Waals surface area (Å²) in [5.74, 6) is 3.22. The van der Waals surface area contributed by atoms with Crippen LogP contribution < -0.4 is 18.9 Å². The summed E-state index contributed by atoms with van der Waals surface area (Å²) in [6, 6.07) is 52.9. The van der Waals surface area contributed by atoms with Crippen LogP contribution in [0.4, 0.5) is 0 Å². The second kappa shape index (κ2) is 31.2. The molecule has 0 radical (unpaired) electrons. The summed E-state index contributed by atoms with van der Waals surface area (Å²) >= 11 is 0. The lowest BCUT2D eigenvalue weighted by molar-refractivity contribution is -0.108. The highest BCUT2D eigenvalue weighted by Gasteiger charge is 2.39. The number of aldehydes is 1. The predicted octanol–water partition coefficient (Wildman–Crippen LogP) is 10.5. The van der Waals surface area contributed by atoms with E-state index in [9.17, 15) is 4.79 Å². The Morgan fingerprint density at radius 3 is 1.07 bits per heavy atom. The third-order valence-corrected chi connectivity index (χ3v) is 12.2. The molecule has 376 valence electrons. The van der Waals surface area contributed by atoms with Gasteiger partial charge < -0.3 is 53.4 Å². The number of morpholine rings is 1. The van der Waals surface area contributed by atoms with E-state index in [2.05, 4.69) is 84.7 Å². The van der Waals surface area contributed by atoms with Gasteiger partial charge in [0.15, 0.2) is 0 Å². The molecule has 0 aromatic heterocycles. The van der Waals surface area contributed by atoms with Gasteiger partial charge in [-0.2, -0.15) is 0 Å². The Bertz CT molecular complexity index is 2170. The Morgan fingerprint density at radius 1 is 0.471 bits per heavy atom. The van der Waals surface area contributed by atoms with Crippen molar-refractivity contribution in [1.29, 1.82) is 0 Å². The average Bonchev–Trinajstić information content (AvgIpc) is 3.42. The average molecular weight is 958 g/mol. The third-order valence-electron chi connectivity index (χ3n) is 12.2. The Morgan fingerprint density at radius 2 is 0.786 bits per heavy atom. The van der Waals surface area contributed by atoms with Crippen LogP contribution in [0.15, 0.2) is 158 Å².